The van der Waals surface area contributed by atoms with E-state index >= 15 is 0 Å². The second-order valence-corrected chi connectivity index (χ2v) is 6.16. The van der Waals surface area contributed by atoms with Crippen molar-refractivity contribution in [2.75, 3.05) is 0 Å². The fraction of sp³-hybridized carbons (Fsp3) is 0.600. The molecule has 1 N–H and O–H groups in total. The fourth-order valence-corrected chi connectivity index (χ4v) is 3.19. The molecule has 1 aromatic heterocycles. The molecule has 4 nitrogen and oxygen atoms in total. The van der Waals surface area contributed by atoms with Crippen molar-refractivity contribution in [3.63, 3.8) is 0 Å². The van der Waals surface area contributed by atoms with Gasteiger partial charge in [0.1, 0.15) is 6.54 Å². The summed E-state index contributed by atoms with van der Waals surface area (Å²) in [6.45, 7) is 8.00. The van der Waals surface area contributed by atoms with Crippen molar-refractivity contribution in [1.29, 1.82) is 0 Å². The number of fused-ring (bicyclic) bond motifs is 1. The van der Waals surface area contributed by atoms with Crippen LogP contribution in [0.1, 0.15) is 54.5 Å². The highest BCUT2D eigenvalue weighted by Gasteiger charge is 2.36. The fourth-order valence-electron chi connectivity index (χ4n) is 3.19. The first-order valence-electron chi connectivity index (χ1n) is 6.72. The number of carbonyl (C=O) groups is 2. The maximum Gasteiger partial charge on any atom is 0.323 e. The Morgan fingerprint density at radius 2 is 2.00 bits per heavy atom. The van der Waals surface area contributed by atoms with Crippen LogP contribution in [0.5, 0.6) is 0 Å². The summed E-state index contributed by atoms with van der Waals surface area (Å²) in [4.78, 5) is 23.4. The van der Waals surface area contributed by atoms with Crippen LogP contribution >= 0.6 is 0 Å². The van der Waals surface area contributed by atoms with Crippen LogP contribution in [0.4, 0.5) is 0 Å². The van der Waals surface area contributed by atoms with E-state index in [-0.39, 0.29) is 17.7 Å². The molecule has 0 fully saturated rings. The molecule has 1 aromatic rings. The van der Waals surface area contributed by atoms with Gasteiger partial charge in [0.2, 0.25) is 0 Å². The van der Waals surface area contributed by atoms with Crippen molar-refractivity contribution >= 4 is 11.8 Å². The highest BCUT2D eigenvalue weighted by Crippen LogP contribution is 2.38. The van der Waals surface area contributed by atoms with E-state index in [2.05, 4.69) is 13.8 Å². The second kappa shape index (κ2) is 4.51. The third kappa shape index (κ3) is 2.31. The maximum absolute atomic E-state index is 12.4. The van der Waals surface area contributed by atoms with Gasteiger partial charge in [0.25, 0.3) is 0 Å². The number of carboxylic acids is 1. The molecular weight excluding hydrogens is 242 g/mol. The first kappa shape index (κ1) is 13.8. The van der Waals surface area contributed by atoms with Crippen molar-refractivity contribution in [3.8, 4) is 0 Å². The summed E-state index contributed by atoms with van der Waals surface area (Å²) in [6.07, 6.45) is 2.08. The van der Waals surface area contributed by atoms with E-state index in [1.54, 1.807) is 0 Å². The Hall–Kier alpha value is -1.58. The Bertz CT molecular complexity index is 552. The van der Waals surface area contributed by atoms with E-state index in [9.17, 15) is 9.59 Å². The van der Waals surface area contributed by atoms with Gasteiger partial charge in [0.05, 0.1) is 0 Å². The van der Waals surface area contributed by atoms with Gasteiger partial charge in [-0.2, -0.15) is 0 Å². The number of Topliss-reactive ketones (excluding diaryl/α,β-unsaturated/α-hetero) is 1. The number of hydrogen-bond acceptors (Lipinski definition) is 2. The average molecular weight is 263 g/mol. The van der Waals surface area contributed by atoms with Gasteiger partial charge in [0.15, 0.2) is 5.78 Å². The van der Waals surface area contributed by atoms with E-state index in [0.717, 1.165) is 35.4 Å². The molecule has 0 radical (unpaired) electrons. The minimum absolute atomic E-state index is 0.0580. The number of rotatable bonds is 3. The average Bonchev–Trinajstić information content (AvgIpc) is 2.51. The van der Waals surface area contributed by atoms with Gasteiger partial charge in [0, 0.05) is 23.4 Å². The SMILES string of the molecule is CCc1c2c(n(CC(=O)O)c1C)CC(C)(C)CC2=O. The summed E-state index contributed by atoms with van der Waals surface area (Å²) in [7, 11) is 0. The molecule has 19 heavy (non-hydrogen) atoms. The van der Waals surface area contributed by atoms with Gasteiger partial charge in [-0.3, -0.25) is 9.59 Å². The van der Waals surface area contributed by atoms with Crippen molar-refractivity contribution in [1.82, 2.24) is 4.57 Å². The number of carboxylic acid groups (broad SMARTS) is 1. The highest BCUT2D eigenvalue weighted by atomic mass is 16.4. The maximum atomic E-state index is 12.4. The zero-order chi connectivity index (χ0) is 14.4. The van der Waals surface area contributed by atoms with Crippen LogP contribution in [0.2, 0.25) is 0 Å². The normalized spacial score (nSPS) is 17.4. The molecule has 0 saturated carbocycles. The van der Waals surface area contributed by atoms with Gasteiger partial charge < -0.3 is 9.67 Å². The van der Waals surface area contributed by atoms with Crippen LogP contribution in [-0.2, 0) is 24.2 Å². The van der Waals surface area contributed by atoms with E-state index < -0.39 is 5.97 Å². The van der Waals surface area contributed by atoms with Crippen LogP contribution in [0, 0.1) is 12.3 Å². The van der Waals surface area contributed by atoms with Crippen LogP contribution in [-0.4, -0.2) is 21.4 Å². The molecule has 1 heterocycles. The van der Waals surface area contributed by atoms with Crippen molar-refractivity contribution in [2.24, 2.45) is 5.41 Å². The third-order valence-corrected chi connectivity index (χ3v) is 3.97. The Balaban J connectivity index is 2.64. The minimum Gasteiger partial charge on any atom is -0.480 e. The smallest absolute Gasteiger partial charge is 0.323 e. The summed E-state index contributed by atoms with van der Waals surface area (Å²) >= 11 is 0. The summed E-state index contributed by atoms with van der Waals surface area (Å²) < 4.78 is 1.81. The van der Waals surface area contributed by atoms with Gasteiger partial charge in [-0.05, 0) is 30.7 Å². The topological polar surface area (TPSA) is 59.3 Å². The predicted molar refractivity (Wildman–Crippen MR) is 72.6 cm³/mol. The zero-order valence-corrected chi connectivity index (χ0v) is 12.0. The van der Waals surface area contributed by atoms with Gasteiger partial charge in [-0.1, -0.05) is 20.8 Å². The number of hydrogen-bond donors (Lipinski definition) is 1. The molecule has 0 saturated heterocycles. The Morgan fingerprint density at radius 1 is 1.37 bits per heavy atom. The lowest BCUT2D eigenvalue weighted by Crippen LogP contribution is -2.29. The number of carbonyl (C=O) groups excluding carboxylic acids is 1. The predicted octanol–water partition coefficient (Wildman–Crippen LogP) is 2.60. The minimum atomic E-state index is -0.862. The molecule has 4 heteroatoms. The van der Waals surface area contributed by atoms with E-state index in [4.69, 9.17) is 5.11 Å². The van der Waals surface area contributed by atoms with E-state index in [1.165, 1.54) is 0 Å². The standard InChI is InChI=1S/C15H21NO3/c1-5-10-9(2)16(8-13(18)19)11-6-15(3,4)7-12(17)14(10)11/h5-8H2,1-4H3,(H,18,19). The van der Waals surface area contributed by atoms with Crippen LogP contribution in [0.25, 0.3) is 0 Å². The third-order valence-electron chi connectivity index (χ3n) is 3.97. The van der Waals surface area contributed by atoms with E-state index in [1.807, 2.05) is 18.4 Å². The Labute approximate surface area is 113 Å². The molecule has 1 aliphatic carbocycles. The number of aromatic nitrogens is 1. The van der Waals surface area contributed by atoms with Crippen molar-refractivity contribution in [2.45, 2.75) is 53.5 Å². The molecule has 0 amide bonds. The molecule has 0 aliphatic heterocycles. The molecule has 1 aliphatic rings. The number of aliphatic carboxylic acids is 1. The molecule has 0 bridgehead atoms. The monoisotopic (exact) mass is 263 g/mol. The number of ketones is 1. The quantitative estimate of drug-likeness (QED) is 0.911. The van der Waals surface area contributed by atoms with Crippen molar-refractivity contribution in [3.05, 3.63) is 22.5 Å². The summed E-state index contributed by atoms with van der Waals surface area (Å²) in [5.74, 6) is -0.699. The largest absolute Gasteiger partial charge is 0.480 e. The molecular formula is C15H21NO3. The summed E-state index contributed by atoms with van der Waals surface area (Å²) in [5, 5.41) is 9.07. The highest BCUT2D eigenvalue weighted by molar-refractivity contribution is 6.00. The zero-order valence-electron chi connectivity index (χ0n) is 12.0. The van der Waals surface area contributed by atoms with Gasteiger partial charge >= 0.3 is 5.97 Å². The van der Waals surface area contributed by atoms with E-state index in [0.29, 0.717) is 6.42 Å². The Morgan fingerprint density at radius 3 is 2.53 bits per heavy atom. The molecule has 104 valence electrons. The van der Waals surface area contributed by atoms with Crippen LogP contribution in [0.3, 0.4) is 0 Å². The number of nitrogens with zero attached hydrogens (tertiary/aromatic N) is 1. The molecule has 2 rings (SSSR count). The second-order valence-electron chi connectivity index (χ2n) is 6.16. The molecule has 0 aromatic carbocycles. The summed E-state index contributed by atoms with van der Waals surface area (Å²) in [6, 6.07) is 0. The molecule has 0 spiro atoms. The molecule has 0 unspecified atom stereocenters. The first-order chi connectivity index (χ1) is 8.76. The van der Waals surface area contributed by atoms with Gasteiger partial charge in [-0.15, -0.1) is 0 Å². The lowest BCUT2D eigenvalue weighted by Gasteiger charge is -2.29. The van der Waals surface area contributed by atoms with Crippen molar-refractivity contribution < 1.29 is 14.7 Å². The molecule has 0 atom stereocenters. The first-order valence-corrected chi connectivity index (χ1v) is 6.72. The summed E-state index contributed by atoms with van der Waals surface area (Å²) in [5.41, 5.74) is 3.58. The van der Waals surface area contributed by atoms with Crippen LogP contribution in [0.15, 0.2) is 0 Å². The lowest BCUT2D eigenvalue weighted by atomic mass is 9.75. The Kier molecular flexibility index (Phi) is 3.29. The lowest BCUT2D eigenvalue weighted by molar-refractivity contribution is -0.137. The van der Waals surface area contributed by atoms with Gasteiger partial charge in [-0.25, -0.2) is 0 Å². The van der Waals surface area contributed by atoms with Crippen LogP contribution < -0.4 is 0 Å².